The summed E-state index contributed by atoms with van der Waals surface area (Å²) in [6.45, 7) is 0. The van der Waals surface area contributed by atoms with E-state index in [-0.39, 0.29) is 11.4 Å². The van der Waals surface area contributed by atoms with E-state index in [0.717, 1.165) is 17.0 Å². The summed E-state index contributed by atoms with van der Waals surface area (Å²) in [6, 6.07) is 15.1. The molecule has 3 aromatic carbocycles. The number of methoxy groups -OCH3 is 1. The van der Waals surface area contributed by atoms with Gasteiger partial charge >= 0.3 is 0 Å². The zero-order valence-electron chi connectivity index (χ0n) is 18.1. The third kappa shape index (κ3) is 3.82. The third-order valence-corrected chi connectivity index (χ3v) is 6.50. The summed E-state index contributed by atoms with van der Waals surface area (Å²) in [5.41, 5.74) is 0.896. The van der Waals surface area contributed by atoms with Gasteiger partial charge in [0, 0.05) is 22.2 Å². The van der Waals surface area contributed by atoms with Crippen molar-refractivity contribution in [2.24, 2.45) is 5.92 Å². The maximum absolute atomic E-state index is 13.6. The normalized spacial score (nSPS) is 21.4. The molecule has 0 bridgehead atoms. The van der Waals surface area contributed by atoms with Gasteiger partial charge in [0.25, 0.3) is 11.6 Å². The second-order valence-corrected chi connectivity index (χ2v) is 8.89. The van der Waals surface area contributed by atoms with Crippen LogP contribution < -0.4 is 14.7 Å². The smallest absolute Gasteiger partial charge is 0.271 e. The maximum atomic E-state index is 13.6. The highest BCUT2D eigenvalue weighted by Crippen LogP contribution is 2.50. The largest absolute Gasteiger partial charge is 0.496 e. The van der Waals surface area contributed by atoms with Crippen molar-refractivity contribution < 1.29 is 28.5 Å². The van der Waals surface area contributed by atoms with Gasteiger partial charge in [-0.25, -0.2) is 14.4 Å². The van der Waals surface area contributed by atoms with Crippen molar-refractivity contribution in [3.05, 3.63) is 92.7 Å². The quantitative estimate of drug-likeness (QED) is 0.265. The summed E-state index contributed by atoms with van der Waals surface area (Å²) in [7, 11) is 1.48. The van der Waals surface area contributed by atoms with Gasteiger partial charge in [0.05, 0.1) is 29.4 Å². The Morgan fingerprint density at radius 1 is 1.03 bits per heavy atom. The number of anilines is 2. The number of halogens is 2. The lowest BCUT2D eigenvalue weighted by atomic mass is 9.90. The number of amides is 2. The summed E-state index contributed by atoms with van der Waals surface area (Å²) in [5, 5.41) is 12.7. The van der Waals surface area contributed by atoms with Crippen molar-refractivity contribution in [2.75, 3.05) is 17.1 Å². The third-order valence-electron chi connectivity index (χ3n) is 6.01. The number of hydrogen-bond donors (Lipinski definition) is 0. The molecule has 2 saturated heterocycles. The maximum Gasteiger partial charge on any atom is 0.271 e. The van der Waals surface area contributed by atoms with Crippen molar-refractivity contribution in [2.45, 2.75) is 12.1 Å². The van der Waals surface area contributed by atoms with Crippen LogP contribution in [-0.2, 0) is 14.4 Å². The van der Waals surface area contributed by atoms with Crippen LogP contribution in [0.3, 0.4) is 0 Å². The summed E-state index contributed by atoms with van der Waals surface area (Å²) >= 11 is 3.43. The van der Waals surface area contributed by atoms with E-state index in [1.165, 1.54) is 42.5 Å². The number of rotatable bonds is 5. The fraction of sp³-hybridized carbons (Fsp3) is 0.167. The molecule has 2 aliphatic heterocycles. The molecular weight excluding hydrogens is 525 g/mol. The number of non-ortho nitro benzene ring substituents is 1. The summed E-state index contributed by atoms with van der Waals surface area (Å²) in [4.78, 5) is 44.8. The van der Waals surface area contributed by atoms with Crippen LogP contribution in [0.5, 0.6) is 5.75 Å². The van der Waals surface area contributed by atoms with Crippen LogP contribution >= 0.6 is 15.9 Å². The van der Waals surface area contributed by atoms with Crippen molar-refractivity contribution >= 4 is 44.8 Å². The summed E-state index contributed by atoms with van der Waals surface area (Å²) < 4.78 is 19.7. The Bertz CT molecular complexity index is 1350. The predicted octanol–water partition coefficient (Wildman–Crippen LogP) is 4.56. The van der Waals surface area contributed by atoms with Gasteiger partial charge < -0.3 is 4.74 Å². The van der Waals surface area contributed by atoms with Gasteiger partial charge in [-0.1, -0.05) is 22.0 Å². The van der Waals surface area contributed by atoms with Crippen molar-refractivity contribution in [1.29, 1.82) is 0 Å². The van der Waals surface area contributed by atoms with E-state index in [1.54, 1.807) is 24.3 Å². The second-order valence-electron chi connectivity index (χ2n) is 7.97. The molecule has 2 amide bonds. The van der Waals surface area contributed by atoms with Gasteiger partial charge in [0.1, 0.15) is 17.5 Å². The molecule has 5 rings (SSSR count). The van der Waals surface area contributed by atoms with E-state index in [0.29, 0.717) is 21.5 Å². The number of nitro groups is 1. The molecule has 0 radical (unpaired) electrons. The highest BCUT2D eigenvalue weighted by atomic mass is 79.9. The first kappa shape index (κ1) is 22.9. The fourth-order valence-corrected chi connectivity index (χ4v) is 4.86. The molecule has 0 unspecified atom stereocenters. The topological polar surface area (TPSA) is 102 Å². The van der Waals surface area contributed by atoms with Gasteiger partial charge in [0.2, 0.25) is 5.91 Å². The van der Waals surface area contributed by atoms with Crippen molar-refractivity contribution in [3.63, 3.8) is 0 Å². The van der Waals surface area contributed by atoms with E-state index < -0.39 is 40.6 Å². The van der Waals surface area contributed by atoms with Crippen molar-refractivity contribution in [3.8, 4) is 5.75 Å². The van der Waals surface area contributed by atoms with Gasteiger partial charge in [-0.2, -0.15) is 0 Å². The molecule has 178 valence electrons. The van der Waals surface area contributed by atoms with Crippen molar-refractivity contribution in [1.82, 2.24) is 0 Å². The Morgan fingerprint density at radius 3 is 2.46 bits per heavy atom. The number of nitrogens with zero attached hydrogens (tertiary/aromatic N) is 3. The number of fused-ring (bicyclic) bond motifs is 1. The Balaban J connectivity index is 1.64. The number of benzene rings is 3. The number of nitro benzene ring substituents is 1. The van der Waals surface area contributed by atoms with Crippen LogP contribution in [0.1, 0.15) is 11.6 Å². The molecule has 3 atom stereocenters. The van der Waals surface area contributed by atoms with E-state index in [9.17, 15) is 24.1 Å². The molecular formula is C24H17BrFN3O6. The van der Waals surface area contributed by atoms with Crippen LogP contribution in [0, 0.1) is 21.8 Å². The standard InChI is InChI=1S/C24H17BrFN3O6/c1-34-19-10-5-13(25)11-18(19)21-20-22(35-28(21)16-3-2-4-17(12-16)29(32)33)24(31)27(23(20)30)15-8-6-14(26)7-9-15/h2-12,20-22H,1H3/t20-,21-,22+/m1/s1. The molecule has 2 fully saturated rings. The van der Waals surface area contributed by atoms with E-state index in [4.69, 9.17) is 9.57 Å². The minimum absolute atomic E-state index is 0.172. The fourth-order valence-electron chi connectivity index (χ4n) is 4.48. The zero-order valence-corrected chi connectivity index (χ0v) is 19.7. The minimum Gasteiger partial charge on any atom is -0.496 e. The van der Waals surface area contributed by atoms with Gasteiger partial charge in [-0.15, -0.1) is 0 Å². The van der Waals surface area contributed by atoms with E-state index in [2.05, 4.69) is 15.9 Å². The lowest BCUT2D eigenvalue weighted by molar-refractivity contribution is -0.384. The molecule has 0 saturated carbocycles. The monoisotopic (exact) mass is 541 g/mol. The van der Waals surface area contributed by atoms with Crippen LogP contribution in [0.15, 0.2) is 71.2 Å². The molecule has 0 aromatic heterocycles. The molecule has 9 nitrogen and oxygen atoms in total. The lowest BCUT2D eigenvalue weighted by Crippen LogP contribution is -2.37. The Hall–Kier alpha value is -3.83. The number of hydroxylamine groups is 1. The molecule has 0 N–H and O–H groups in total. The van der Waals surface area contributed by atoms with Crippen LogP contribution in [0.2, 0.25) is 0 Å². The summed E-state index contributed by atoms with van der Waals surface area (Å²) in [6.07, 6.45) is -1.19. The van der Waals surface area contributed by atoms with E-state index in [1.807, 2.05) is 0 Å². The second kappa shape index (κ2) is 8.75. The average molecular weight is 542 g/mol. The summed E-state index contributed by atoms with van der Waals surface area (Å²) in [5.74, 6) is -2.20. The molecule has 0 spiro atoms. The number of hydrogen-bond acceptors (Lipinski definition) is 7. The molecule has 35 heavy (non-hydrogen) atoms. The Morgan fingerprint density at radius 2 is 1.77 bits per heavy atom. The first-order valence-corrected chi connectivity index (χ1v) is 11.3. The number of ether oxygens (including phenoxy) is 1. The molecule has 2 aliphatic rings. The van der Waals surface area contributed by atoms with Gasteiger partial charge in [0.15, 0.2) is 6.10 Å². The van der Waals surface area contributed by atoms with Crippen LogP contribution in [0.25, 0.3) is 0 Å². The zero-order chi connectivity index (χ0) is 24.9. The highest BCUT2D eigenvalue weighted by molar-refractivity contribution is 9.10. The number of carbonyl (C=O) groups is 2. The molecule has 11 heteroatoms. The molecule has 3 aromatic rings. The van der Waals surface area contributed by atoms with Gasteiger partial charge in [-0.3, -0.25) is 24.5 Å². The Kier molecular flexibility index (Phi) is 5.73. The van der Waals surface area contributed by atoms with Gasteiger partial charge in [-0.05, 0) is 48.5 Å². The predicted molar refractivity (Wildman–Crippen MR) is 126 cm³/mol. The first-order chi connectivity index (χ1) is 16.8. The Labute approximate surface area is 206 Å². The highest BCUT2D eigenvalue weighted by Gasteiger charge is 2.60. The van der Waals surface area contributed by atoms with Crippen LogP contribution in [0.4, 0.5) is 21.5 Å². The van der Waals surface area contributed by atoms with Crippen LogP contribution in [-0.4, -0.2) is 30.0 Å². The van der Waals surface area contributed by atoms with E-state index >= 15 is 0 Å². The minimum atomic E-state index is -1.19. The number of imide groups is 1. The molecule has 0 aliphatic carbocycles. The SMILES string of the molecule is COc1ccc(Br)cc1[C@@H]1[C@H]2C(=O)N(c3ccc(F)cc3)C(=O)[C@H]2ON1c1cccc([N+](=O)[O-])c1. The average Bonchev–Trinajstić information content (AvgIpc) is 3.36. The lowest BCUT2D eigenvalue weighted by Gasteiger charge is -2.29. The first-order valence-electron chi connectivity index (χ1n) is 10.5. The molecule has 2 heterocycles. The number of carbonyl (C=O) groups excluding carboxylic acids is 2.